The molecule has 2 atom stereocenters. The predicted molar refractivity (Wildman–Crippen MR) is 56.3 cm³/mol. The molecular formula is C6H8Cl3NaO8. The molecule has 0 aromatic heterocycles. The Morgan fingerprint density at radius 2 is 1.06 bits per heavy atom. The van der Waals surface area contributed by atoms with E-state index in [1.54, 1.807) is 0 Å². The zero-order valence-corrected chi connectivity index (χ0v) is 13.0. The van der Waals surface area contributed by atoms with E-state index >= 15 is 0 Å². The van der Waals surface area contributed by atoms with Crippen molar-refractivity contribution in [2.45, 2.75) is 16.0 Å². The van der Waals surface area contributed by atoms with Gasteiger partial charge in [-0.15, -0.1) is 0 Å². The molecule has 12 heteroatoms. The van der Waals surface area contributed by atoms with Gasteiger partial charge in [-0.1, -0.05) is 34.8 Å². The van der Waals surface area contributed by atoms with Gasteiger partial charge in [0.05, 0.1) is 0 Å². The van der Waals surface area contributed by atoms with Crippen molar-refractivity contribution in [3.63, 3.8) is 0 Å². The van der Waals surface area contributed by atoms with Crippen LogP contribution in [0.2, 0.25) is 0 Å². The van der Waals surface area contributed by atoms with E-state index in [-0.39, 0.29) is 31.0 Å². The van der Waals surface area contributed by atoms with Gasteiger partial charge in [0.1, 0.15) is 0 Å². The van der Waals surface area contributed by atoms with Gasteiger partial charge >= 0.3 is 47.5 Å². The molecule has 102 valence electrons. The molecule has 0 spiro atoms. The zero-order chi connectivity index (χ0) is 14.4. The molecule has 0 rings (SSSR count). The first-order valence-electron chi connectivity index (χ1n) is 3.53. The predicted octanol–water partition coefficient (Wildman–Crippen LogP) is -3.56. The minimum absolute atomic E-state index is 0. The first-order chi connectivity index (χ1) is 7.41. The average molecular weight is 337 g/mol. The van der Waals surface area contributed by atoms with Crippen LogP contribution in [0.3, 0.4) is 0 Å². The van der Waals surface area contributed by atoms with E-state index in [0.717, 1.165) is 0 Å². The molecule has 5 N–H and O–H groups in total. The summed E-state index contributed by atoms with van der Waals surface area (Å²) in [7, 11) is 0. The summed E-state index contributed by atoms with van der Waals surface area (Å²) in [6.45, 7) is 0. The van der Waals surface area contributed by atoms with Crippen molar-refractivity contribution >= 4 is 52.7 Å². The summed E-state index contributed by atoms with van der Waals surface area (Å²) in [6, 6.07) is 0. The van der Waals surface area contributed by atoms with E-state index in [4.69, 9.17) is 60.3 Å². The van der Waals surface area contributed by atoms with Crippen LogP contribution in [-0.2, 0) is 14.4 Å². The monoisotopic (exact) mass is 336 g/mol. The SMILES string of the molecule is O=C(O)C(Cl)(Cl)Cl.O=C(O)C(O)C(O)C(=O)O.[H-].[Na+]. The summed E-state index contributed by atoms with van der Waals surface area (Å²) in [5.41, 5.74) is 0. The number of carboxylic acid groups (broad SMARTS) is 3. The minimum Gasteiger partial charge on any atom is -1.00 e. The van der Waals surface area contributed by atoms with Crippen molar-refractivity contribution < 1.29 is 70.9 Å². The summed E-state index contributed by atoms with van der Waals surface area (Å²) >= 11 is 14.4. The molecule has 0 bridgehead atoms. The molecule has 18 heavy (non-hydrogen) atoms. The van der Waals surface area contributed by atoms with Crippen molar-refractivity contribution in [2.24, 2.45) is 0 Å². The smallest absolute Gasteiger partial charge is 1.00 e. The molecule has 0 amide bonds. The second-order valence-electron chi connectivity index (χ2n) is 2.37. The first kappa shape index (κ1) is 23.3. The Morgan fingerprint density at radius 3 is 1.11 bits per heavy atom. The van der Waals surface area contributed by atoms with Gasteiger partial charge in [0.2, 0.25) is 0 Å². The van der Waals surface area contributed by atoms with Crippen molar-refractivity contribution in [2.75, 3.05) is 0 Å². The molecule has 0 aliphatic heterocycles. The number of rotatable bonds is 3. The van der Waals surface area contributed by atoms with Crippen LogP contribution < -0.4 is 29.6 Å². The number of hydrogen-bond acceptors (Lipinski definition) is 5. The Labute approximate surface area is 139 Å². The number of alkyl halides is 3. The Morgan fingerprint density at radius 1 is 0.889 bits per heavy atom. The zero-order valence-electron chi connectivity index (χ0n) is 9.75. The molecule has 0 aromatic carbocycles. The molecule has 0 fully saturated rings. The van der Waals surface area contributed by atoms with Crippen molar-refractivity contribution in [3.8, 4) is 0 Å². The van der Waals surface area contributed by atoms with Gasteiger partial charge in [0.15, 0.2) is 12.2 Å². The van der Waals surface area contributed by atoms with Crippen LogP contribution >= 0.6 is 34.8 Å². The van der Waals surface area contributed by atoms with Crippen LogP contribution in [0, 0.1) is 0 Å². The maximum absolute atomic E-state index is 9.77. The number of aliphatic hydroxyl groups is 2. The molecule has 0 aliphatic carbocycles. The van der Waals surface area contributed by atoms with Gasteiger partial charge in [-0.25, -0.2) is 14.4 Å². The van der Waals surface area contributed by atoms with Gasteiger partial charge in [-0.3, -0.25) is 0 Å². The van der Waals surface area contributed by atoms with Crippen molar-refractivity contribution in [1.29, 1.82) is 0 Å². The largest absolute Gasteiger partial charge is 1.00 e. The van der Waals surface area contributed by atoms with Gasteiger partial charge < -0.3 is 27.0 Å². The number of aliphatic hydroxyl groups excluding tert-OH is 2. The topological polar surface area (TPSA) is 152 Å². The number of halogens is 3. The van der Waals surface area contributed by atoms with Gasteiger partial charge in [-0.2, -0.15) is 0 Å². The molecule has 0 heterocycles. The Balaban J connectivity index is -0.000000112. The molecule has 0 saturated heterocycles. The molecule has 0 saturated carbocycles. The standard InChI is InChI=1S/C4H6O6.C2HCl3O2.Na.H/c5-1(3(7)8)2(6)4(9)10;3-2(4,5)1(6)7;;/h1-2,5-6H,(H,7,8)(H,9,10);(H,6,7);;/q;;+1;-1. The quantitative estimate of drug-likeness (QED) is 0.262. The Bertz CT molecular complexity index is 291. The third kappa shape index (κ3) is 11.3. The van der Waals surface area contributed by atoms with E-state index < -0.39 is 33.9 Å². The summed E-state index contributed by atoms with van der Waals surface area (Å²) in [5, 5.41) is 40.4. The van der Waals surface area contributed by atoms with E-state index in [1.807, 2.05) is 0 Å². The Kier molecular flexibility index (Phi) is 13.0. The van der Waals surface area contributed by atoms with E-state index in [0.29, 0.717) is 0 Å². The van der Waals surface area contributed by atoms with E-state index in [2.05, 4.69) is 0 Å². The third-order valence-corrected chi connectivity index (χ3v) is 1.53. The molecule has 0 radical (unpaired) electrons. The molecule has 0 aromatic rings. The normalized spacial score (nSPS) is 13.2. The number of hydrogen-bond donors (Lipinski definition) is 5. The Hall–Kier alpha value is 0.200. The first-order valence-corrected chi connectivity index (χ1v) is 4.66. The van der Waals surface area contributed by atoms with Crippen LogP contribution in [0.15, 0.2) is 0 Å². The molecular weight excluding hydrogens is 329 g/mol. The molecule has 8 nitrogen and oxygen atoms in total. The number of carbonyl (C=O) groups is 3. The summed E-state index contributed by atoms with van der Waals surface area (Å²) < 4.78 is -2.17. The van der Waals surface area contributed by atoms with Crippen LogP contribution in [0.25, 0.3) is 0 Å². The van der Waals surface area contributed by atoms with Crippen LogP contribution in [0.5, 0.6) is 0 Å². The average Bonchev–Trinajstić information content (AvgIpc) is 2.14. The number of aliphatic carboxylic acids is 3. The van der Waals surface area contributed by atoms with Gasteiger partial charge in [-0.05, 0) is 0 Å². The van der Waals surface area contributed by atoms with Gasteiger partial charge in [0, 0.05) is 0 Å². The van der Waals surface area contributed by atoms with Crippen LogP contribution in [0.1, 0.15) is 1.43 Å². The minimum atomic E-state index is -2.27. The molecule has 0 aliphatic rings. The summed E-state index contributed by atoms with van der Waals surface area (Å²) in [5.74, 6) is -5.00. The third-order valence-electron chi connectivity index (χ3n) is 1.05. The summed E-state index contributed by atoms with van der Waals surface area (Å²) in [4.78, 5) is 29.2. The second-order valence-corrected chi connectivity index (χ2v) is 4.65. The second kappa shape index (κ2) is 10.0. The van der Waals surface area contributed by atoms with Crippen LogP contribution in [0.4, 0.5) is 0 Å². The number of carboxylic acids is 3. The van der Waals surface area contributed by atoms with Crippen LogP contribution in [-0.4, -0.2) is 59.4 Å². The maximum Gasteiger partial charge on any atom is 1.00 e. The summed E-state index contributed by atoms with van der Waals surface area (Å²) in [6.07, 6.45) is -4.53. The van der Waals surface area contributed by atoms with Crippen molar-refractivity contribution in [1.82, 2.24) is 0 Å². The molecule has 2 unspecified atom stereocenters. The van der Waals surface area contributed by atoms with Crippen molar-refractivity contribution in [3.05, 3.63) is 0 Å². The fourth-order valence-corrected chi connectivity index (χ4v) is 0.270. The van der Waals surface area contributed by atoms with Gasteiger partial charge in [0.25, 0.3) is 3.79 Å². The maximum atomic E-state index is 9.77. The fourth-order valence-electron chi connectivity index (χ4n) is 0.270. The van der Waals surface area contributed by atoms with E-state index in [9.17, 15) is 14.4 Å². The van der Waals surface area contributed by atoms with E-state index in [1.165, 1.54) is 0 Å². The fraction of sp³-hybridized carbons (Fsp3) is 0.500.